The Labute approximate surface area is 140 Å². The Balaban J connectivity index is 1.97. The van der Waals surface area contributed by atoms with Crippen LogP contribution in [0.4, 0.5) is 0 Å². The first kappa shape index (κ1) is 17.0. The second-order valence-corrected chi connectivity index (χ2v) is 9.20. The highest BCUT2D eigenvalue weighted by Crippen LogP contribution is 2.65. The molecule has 23 heavy (non-hydrogen) atoms. The molecule has 0 aromatic heterocycles. The van der Waals surface area contributed by atoms with Crippen LogP contribution in [0.3, 0.4) is 0 Å². The van der Waals surface area contributed by atoms with Crippen molar-refractivity contribution in [2.24, 2.45) is 22.7 Å². The van der Waals surface area contributed by atoms with Crippen molar-refractivity contribution in [3.63, 3.8) is 0 Å². The third kappa shape index (κ3) is 2.30. The van der Waals surface area contributed by atoms with Crippen molar-refractivity contribution >= 4 is 5.97 Å². The summed E-state index contributed by atoms with van der Waals surface area (Å²) < 4.78 is 6.59. The van der Waals surface area contributed by atoms with Crippen molar-refractivity contribution in [1.29, 1.82) is 0 Å². The minimum atomic E-state index is -0.607. The lowest BCUT2D eigenvalue weighted by Gasteiger charge is -2.64. The van der Waals surface area contributed by atoms with Gasteiger partial charge in [0.1, 0.15) is 0 Å². The molecule has 1 saturated heterocycles. The number of fused-ring (bicyclic) bond motifs is 3. The lowest BCUT2D eigenvalue weighted by atomic mass is 9.44. The van der Waals surface area contributed by atoms with Gasteiger partial charge in [-0.25, -0.2) is 0 Å². The van der Waals surface area contributed by atoms with Crippen molar-refractivity contribution in [3.8, 4) is 0 Å². The van der Waals surface area contributed by atoms with Crippen LogP contribution in [0.25, 0.3) is 0 Å². The molecule has 2 saturated carbocycles. The molecular weight excluding hydrogens is 288 g/mol. The summed E-state index contributed by atoms with van der Waals surface area (Å²) in [4.78, 5) is 12.0. The summed E-state index contributed by atoms with van der Waals surface area (Å²) in [6, 6.07) is 0. The molecular formula is C20H32O3. The van der Waals surface area contributed by atoms with E-state index < -0.39 is 11.4 Å². The van der Waals surface area contributed by atoms with Gasteiger partial charge in [0.05, 0.1) is 16.6 Å². The number of hydrogen-bond donors (Lipinski definition) is 1. The van der Waals surface area contributed by atoms with Gasteiger partial charge in [-0.2, -0.15) is 0 Å². The lowest BCUT2D eigenvalue weighted by Crippen LogP contribution is -2.63. The Morgan fingerprint density at radius 3 is 2.35 bits per heavy atom. The SMILES string of the molecule is C=C[C@]1(C)CC[C@@H]2[C@@]3(C)CCC[C@](C)(C(=O)O)[C@@H]3CC[C@@]2(C)O1. The van der Waals surface area contributed by atoms with E-state index in [1.165, 1.54) is 0 Å². The summed E-state index contributed by atoms with van der Waals surface area (Å²) in [5.41, 5.74) is -0.892. The minimum Gasteiger partial charge on any atom is -0.481 e. The molecule has 0 radical (unpaired) electrons. The third-order valence-corrected chi connectivity index (χ3v) is 7.76. The summed E-state index contributed by atoms with van der Waals surface area (Å²) in [6.07, 6.45) is 8.94. The Bertz CT molecular complexity index is 529. The summed E-state index contributed by atoms with van der Waals surface area (Å²) in [7, 11) is 0. The van der Waals surface area contributed by atoms with Gasteiger partial charge in [-0.15, -0.1) is 6.58 Å². The van der Waals surface area contributed by atoms with Crippen molar-refractivity contribution in [1.82, 2.24) is 0 Å². The first-order valence-electron chi connectivity index (χ1n) is 9.17. The number of rotatable bonds is 2. The third-order valence-electron chi connectivity index (χ3n) is 7.76. The molecule has 0 amide bonds. The van der Waals surface area contributed by atoms with E-state index in [1.54, 1.807) is 0 Å². The summed E-state index contributed by atoms with van der Waals surface area (Å²) in [5.74, 6) is 0.0986. The molecule has 0 spiro atoms. The monoisotopic (exact) mass is 320 g/mol. The van der Waals surface area contributed by atoms with Crippen LogP contribution >= 0.6 is 0 Å². The zero-order valence-corrected chi connectivity index (χ0v) is 15.2. The largest absolute Gasteiger partial charge is 0.481 e. The fourth-order valence-electron chi connectivity index (χ4n) is 6.45. The van der Waals surface area contributed by atoms with Gasteiger partial charge >= 0.3 is 5.97 Å². The van der Waals surface area contributed by atoms with E-state index in [2.05, 4.69) is 27.4 Å². The average Bonchev–Trinajstić information content (AvgIpc) is 2.45. The van der Waals surface area contributed by atoms with Gasteiger partial charge in [0.15, 0.2) is 0 Å². The van der Waals surface area contributed by atoms with Crippen molar-refractivity contribution in [3.05, 3.63) is 12.7 Å². The highest BCUT2D eigenvalue weighted by molar-refractivity contribution is 5.75. The van der Waals surface area contributed by atoms with Crippen molar-refractivity contribution in [2.45, 2.75) is 83.8 Å². The molecule has 3 heteroatoms. The van der Waals surface area contributed by atoms with Crippen LogP contribution in [0.1, 0.15) is 72.6 Å². The summed E-state index contributed by atoms with van der Waals surface area (Å²) >= 11 is 0. The maximum atomic E-state index is 12.0. The van der Waals surface area contributed by atoms with Crippen LogP contribution < -0.4 is 0 Å². The smallest absolute Gasteiger partial charge is 0.309 e. The molecule has 6 atom stereocenters. The molecule has 1 N–H and O–H groups in total. The van der Waals surface area contributed by atoms with Crippen LogP contribution in [-0.2, 0) is 9.53 Å². The lowest BCUT2D eigenvalue weighted by molar-refractivity contribution is -0.254. The van der Waals surface area contributed by atoms with E-state index in [4.69, 9.17) is 4.74 Å². The molecule has 1 aliphatic heterocycles. The number of ether oxygens (including phenoxy) is 1. The van der Waals surface area contributed by atoms with Crippen LogP contribution in [0, 0.1) is 22.7 Å². The highest BCUT2D eigenvalue weighted by atomic mass is 16.5. The zero-order chi connectivity index (χ0) is 17.1. The molecule has 3 aliphatic rings. The molecule has 3 rings (SSSR count). The van der Waals surface area contributed by atoms with Gasteiger partial charge < -0.3 is 9.84 Å². The van der Waals surface area contributed by atoms with E-state index in [-0.39, 0.29) is 22.5 Å². The fourth-order valence-corrected chi connectivity index (χ4v) is 6.45. The Morgan fingerprint density at radius 1 is 1.09 bits per heavy atom. The predicted molar refractivity (Wildman–Crippen MR) is 91.2 cm³/mol. The molecule has 0 aromatic rings. The minimum absolute atomic E-state index is 0.0703. The van der Waals surface area contributed by atoms with E-state index in [0.29, 0.717) is 5.92 Å². The molecule has 130 valence electrons. The van der Waals surface area contributed by atoms with E-state index in [0.717, 1.165) is 44.9 Å². The van der Waals surface area contributed by atoms with E-state index >= 15 is 0 Å². The standard InChI is InChI=1S/C20H32O3/c1-6-17(2)12-8-15-18(3)10-7-11-19(4,16(21)22)14(18)9-13-20(15,5)23-17/h6,14-15H,1,7-13H2,2-5H3,(H,21,22)/t14-,15-,17-,18+,19+,20-/m1/s1. The van der Waals surface area contributed by atoms with Crippen molar-refractivity contribution < 1.29 is 14.6 Å². The van der Waals surface area contributed by atoms with Crippen LogP contribution in [0.2, 0.25) is 0 Å². The molecule has 3 nitrogen and oxygen atoms in total. The first-order chi connectivity index (χ1) is 10.6. The quantitative estimate of drug-likeness (QED) is 0.743. The Kier molecular flexibility index (Phi) is 3.76. The molecule has 0 bridgehead atoms. The second kappa shape index (κ2) is 5.08. The van der Waals surface area contributed by atoms with Gasteiger partial charge in [-0.05, 0) is 76.5 Å². The van der Waals surface area contributed by atoms with Crippen LogP contribution in [0.5, 0.6) is 0 Å². The Hall–Kier alpha value is -0.830. The average molecular weight is 320 g/mol. The number of carboxylic acids is 1. The Morgan fingerprint density at radius 2 is 1.74 bits per heavy atom. The zero-order valence-electron chi connectivity index (χ0n) is 15.2. The van der Waals surface area contributed by atoms with Crippen LogP contribution in [-0.4, -0.2) is 22.3 Å². The second-order valence-electron chi connectivity index (χ2n) is 9.20. The maximum Gasteiger partial charge on any atom is 0.309 e. The summed E-state index contributed by atoms with van der Waals surface area (Å²) in [6.45, 7) is 12.7. The first-order valence-corrected chi connectivity index (χ1v) is 9.17. The maximum absolute atomic E-state index is 12.0. The molecule has 0 unspecified atom stereocenters. The molecule has 3 fully saturated rings. The number of hydrogen-bond acceptors (Lipinski definition) is 2. The van der Waals surface area contributed by atoms with Gasteiger partial charge in [0, 0.05) is 0 Å². The van der Waals surface area contributed by atoms with E-state index in [9.17, 15) is 9.90 Å². The normalized spacial score (nSPS) is 53.0. The predicted octanol–water partition coefficient (Wildman–Crippen LogP) is 4.81. The van der Waals surface area contributed by atoms with Crippen LogP contribution in [0.15, 0.2) is 12.7 Å². The van der Waals surface area contributed by atoms with Crippen molar-refractivity contribution in [2.75, 3.05) is 0 Å². The van der Waals surface area contributed by atoms with Gasteiger partial charge in [-0.1, -0.05) is 19.4 Å². The molecule has 2 aliphatic carbocycles. The van der Waals surface area contributed by atoms with Gasteiger partial charge in [0.25, 0.3) is 0 Å². The number of carbonyl (C=O) groups is 1. The van der Waals surface area contributed by atoms with Gasteiger partial charge in [0.2, 0.25) is 0 Å². The molecule has 0 aromatic carbocycles. The topological polar surface area (TPSA) is 46.5 Å². The summed E-state index contributed by atoms with van der Waals surface area (Å²) in [5, 5.41) is 9.89. The van der Waals surface area contributed by atoms with Gasteiger partial charge in [-0.3, -0.25) is 4.79 Å². The molecule has 1 heterocycles. The number of aliphatic carboxylic acids is 1. The number of carboxylic acid groups (broad SMARTS) is 1. The fraction of sp³-hybridized carbons (Fsp3) is 0.850. The van der Waals surface area contributed by atoms with E-state index in [1.807, 2.05) is 13.0 Å². The highest BCUT2D eigenvalue weighted by Gasteiger charge is 2.63.